The molecule has 0 amide bonds. The molecule has 1 saturated heterocycles. The molecule has 6 heteroatoms. The highest BCUT2D eigenvalue weighted by Crippen LogP contribution is 2.51. The van der Waals surface area contributed by atoms with Gasteiger partial charge in [0.1, 0.15) is 5.75 Å². The van der Waals surface area contributed by atoms with Gasteiger partial charge in [-0.05, 0) is 38.9 Å². The van der Waals surface area contributed by atoms with Crippen molar-refractivity contribution in [1.82, 2.24) is 4.90 Å². The number of carboxylic acid groups (broad SMARTS) is 1. The van der Waals surface area contributed by atoms with E-state index in [1.165, 1.54) is 0 Å². The normalized spacial score (nSPS) is 25.5. The number of hydrogen-bond donors (Lipinski definition) is 2. The molecule has 25 heavy (non-hydrogen) atoms. The molecule has 0 radical (unpaired) electrons. The Morgan fingerprint density at radius 2 is 2.04 bits per heavy atom. The molecular formula is C19H27NO5. The lowest BCUT2D eigenvalue weighted by Gasteiger charge is -2.56. The number of carbonyl (C=O) groups is 1. The average molecular weight is 349 g/mol. The summed E-state index contributed by atoms with van der Waals surface area (Å²) in [6.07, 6.45) is 2.53. The van der Waals surface area contributed by atoms with E-state index < -0.39 is 5.97 Å². The molecule has 1 saturated carbocycles. The number of hydrogen-bond acceptors (Lipinski definition) is 5. The molecule has 3 rings (SSSR count). The molecule has 2 aliphatic rings. The molecule has 1 aromatic rings. The topological polar surface area (TPSA) is 79.2 Å². The standard InChI is InChI=1S/C19H27NO5/c1-2-24-17-11-16(21)19(17)7-9-20(10-8-19)12-14-5-3-4-6-15(14)25-13-18(22)23/h3-6,16-17,21H,2,7-13H2,1H3,(H,22,23)/t16-,17+/m0/s1. The van der Waals surface area contributed by atoms with E-state index in [1.54, 1.807) is 0 Å². The van der Waals surface area contributed by atoms with E-state index in [1.807, 2.05) is 31.2 Å². The largest absolute Gasteiger partial charge is 0.482 e. The van der Waals surface area contributed by atoms with Crippen LogP contribution >= 0.6 is 0 Å². The molecule has 2 N–H and O–H groups in total. The van der Waals surface area contributed by atoms with E-state index in [4.69, 9.17) is 14.6 Å². The first-order chi connectivity index (χ1) is 12.0. The molecule has 6 nitrogen and oxygen atoms in total. The third-order valence-electron chi connectivity index (χ3n) is 5.61. The summed E-state index contributed by atoms with van der Waals surface area (Å²) in [5.41, 5.74) is 0.918. The second-order valence-electron chi connectivity index (χ2n) is 6.99. The highest BCUT2D eigenvalue weighted by atomic mass is 16.5. The number of carboxylic acids is 1. The lowest BCUT2D eigenvalue weighted by atomic mass is 9.58. The fourth-order valence-corrected chi connectivity index (χ4v) is 4.10. The molecule has 138 valence electrons. The third-order valence-corrected chi connectivity index (χ3v) is 5.61. The van der Waals surface area contributed by atoms with Crippen LogP contribution < -0.4 is 4.74 Å². The third kappa shape index (κ3) is 3.81. The Hall–Kier alpha value is -1.63. The molecule has 0 aromatic heterocycles. The van der Waals surface area contributed by atoms with Crippen molar-refractivity contribution in [3.8, 4) is 5.75 Å². The summed E-state index contributed by atoms with van der Waals surface area (Å²) in [5.74, 6) is -0.350. The van der Waals surface area contributed by atoms with Crippen molar-refractivity contribution < 1.29 is 24.5 Å². The van der Waals surface area contributed by atoms with Crippen LogP contribution in [0.4, 0.5) is 0 Å². The number of aliphatic carboxylic acids is 1. The number of benzene rings is 1. The summed E-state index contributed by atoms with van der Waals surface area (Å²) in [7, 11) is 0. The Labute approximate surface area is 148 Å². The molecule has 1 aromatic carbocycles. The predicted octanol–water partition coefficient (Wildman–Crippen LogP) is 1.90. The summed E-state index contributed by atoms with van der Waals surface area (Å²) in [6.45, 7) is 4.88. The number of ether oxygens (including phenoxy) is 2. The Kier molecular flexibility index (Phi) is 5.61. The minimum atomic E-state index is -0.976. The zero-order chi connectivity index (χ0) is 17.9. The van der Waals surface area contributed by atoms with Gasteiger partial charge in [-0.1, -0.05) is 18.2 Å². The van der Waals surface area contributed by atoms with Crippen LogP contribution in [0.5, 0.6) is 5.75 Å². The van der Waals surface area contributed by atoms with Crippen molar-refractivity contribution in [2.45, 2.75) is 44.9 Å². The maximum atomic E-state index is 10.7. The number of aliphatic hydroxyl groups excluding tert-OH is 1. The smallest absolute Gasteiger partial charge is 0.341 e. The van der Waals surface area contributed by atoms with Gasteiger partial charge >= 0.3 is 5.97 Å². The minimum Gasteiger partial charge on any atom is -0.482 e. The fraction of sp³-hybridized carbons (Fsp3) is 0.632. The van der Waals surface area contributed by atoms with Crippen LogP contribution in [0.2, 0.25) is 0 Å². The molecule has 2 atom stereocenters. The minimum absolute atomic E-state index is 0.0775. The van der Waals surface area contributed by atoms with Crippen LogP contribution in [0, 0.1) is 5.41 Å². The van der Waals surface area contributed by atoms with Crippen LogP contribution in [-0.2, 0) is 16.1 Å². The first kappa shape index (κ1) is 18.2. The predicted molar refractivity (Wildman–Crippen MR) is 92.6 cm³/mol. The van der Waals surface area contributed by atoms with Gasteiger partial charge in [0.25, 0.3) is 0 Å². The molecule has 0 unspecified atom stereocenters. The molecule has 1 aliphatic carbocycles. The maximum Gasteiger partial charge on any atom is 0.341 e. The average Bonchev–Trinajstić information content (AvgIpc) is 2.61. The zero-order valence-corrected chi connectivity index (χ0v) is 14.7. The highest BCUT2D eigenvalue weighted by Gasteiger charge is 2.55. The molecule has 1 spiro atoms. The summed E-state index contributed by atoms with van der Waals surface area (Å²) < 4.78 is 11.2. The maximum absolute atomic E-state index is 10.7. The molecule has 0 bridgehead atoms. The van der Waals surface area contributed by atoms with Crippen molar-refractivity contribution >= 4 is 5.97 Å². The van der Waals surface area contributed by atoms with Crippen LogP contribution in [-0.4, -0.2) is 59.6 Å². The van der Waals surface area contributed by atoms with E-state index in [2.05, 4.69) is 4.90 Å². The first-order valence-electron chi connectivity index (χ1n) is 8.99. The van der Waals surface area contributed by atoms with E-state index in [0.29, 0.717) is 12.4 Å². The van der Waals surface area contributed by atoms with Gasteiger partial charge in [0.05, 0.1) is 12.2 Å². The van der Waals surface area contributed by atoms with Crippen LogP contribution in [0.25, 0.3) is 0 Å². The van der Waals surface area contributed by atoms with Crippen LogP contribution in [0.1, 0.15) is 31.7 Å². The van der Waals surface area contributed by atoms with Gasteiger partial charge in [0, 0.05) is 30.6 Å². The molecular weight excluding hydrogens is 322 g/mol. The van der Waals surface area contributed by atoms with Gasteiger partial charge in [-0.15, -0.1) is 0 Å². The molecule has 2 fully saturated rings. The van der Waals surface area contributed by atoms with Gasteiger partial charge in [0.15, 0.2) is 6.61 Å². The highest BCUT2D eigenvalue weighted by molar-refractivity contribution is 5.68. The summed E-state index contributed by atoms with van der Waals surface area (Å²) >= 11 is 0. The molecule has 1 heterocycles. The van der Waals surface area contributed by atoms with E-state index in [9.17, 15) is 9.90 Å². The van der Waals surface area contributed by atoms with Gasteiger partial charge in [0.2, 0.25) is 0 Å². The number of piperidine rings is 1. The van der Waals surface area contributed by atoms with E-state index in [-0.39, 0.29) is 24.2 Å². The van der Waals surface area contributed by atoms with Gasteiger partial charge in [-0.3, -0.25) is 4.90 Å². The van der Waals surface area contributed by atoms with Crippen molar-refractivity contribution in [2.75, 3.05) is 26.3 Å². The van der Waals surface area contributed by atoms with Crippen molar-refractivity contribution in [2.24, 2.45) is 5.41 Å². The van der Waals surface area contributed by atoms with Crippen LogP contribution in [0.15, 0.2) is 24.3 Å². The van der Waals surface area contributed by atoms with Crippen molar-refractivity contribution in [1.29, 1.82) is 0 Å². The van der Waals surface area contributed by atoms with E-state index in [0.717, 1.165) is 44.5 Å². The van der Waals surface area contributed by atoms with Gasteiger partial charge in [-0.2, -0.15) is 0 Å². The summed E-state index contributed by atoms with van der Waals surface area (Å²) in [4.78, 5) is 13.1. The lowest BCUT2D eigenvalue weighted by Crippen LogP contribution is -2.62. The zero-order valence-electron chi connectivity index (χ0n) is 14.7. The first-order valence-corrected chi connectivity index (χ1v) is 8.99. The summed E-state index contributed by atoms with van der Waals surface area (Å²) in [5, 5.41) is 19.1. The number of aliphatic hydroxyl groups is 1. The van der Waals surface area contributed by atoms with Gasteiger partial charge < -0.3 is 19.7 Å². The quantitative estimate of drug-likeness (QED) is 0.783. The second kappa shape index (κ2) is 7.72. The van der Waals surface area contributed by atoms with E-state index >= 15 is 0 Å². The number of likely N-dealkylation sites (tertiary alicyclic amines) is 1. The Morgan fingerprint density at radius 3 is 2.68 bits per heavy atom. The number of para-hydroxylation sites is 1. The Balaban J connectivity index is 1.58. The second-order valence-corrected chi connectivity index (χ2v) is 6.99. The molecule has 1 aliphatic heterocycles. The number of rotatable bonds is 7. The van der Waals surface area contributed by atoms with Crippen LogP contribution in [0.3, 0.4) is 0 Å². The van der Waals surface area contributed by atoms with Gasteiger partial charge in [-0.25, -0.2) is 4.79 Å². The lowest BCUT2D eigenvalue weighted by molar-refractivity contribution is -0.209. The van der Waals surface area contributed by atoms with Crippen molar-refractivity contribution in [3.63, 3.8) is 0 Å². The monoisotopic (exact) mass is 349 g/mol. The summed E-state index contributed by atoms with van der Waals surface area (Å²) in [6, 6.07) is 7.58. The SMILES string of the molecule is CCO[C@@H]1C[C@H](O)C12CCN(Cc1ccccc1OCC(=O)O)CC2. The number of nitrogens with zero attached hydrogens (tertiary/aromatic N) is 1. The van der Waals surface area contributed by atoms with Crippen molar-refractivity contribution in [3.05, 3.63) is 29.8 Å². The Morgan fingerprint density at radius 1 is 1.32 bits per heavy atom. The fourth-order valence-electron chi connectivity index (χ4n) is 4.10. The Bertz CT molecular complexity index is 595.